The van der Waals surface area contributed by atoms with E-state index in [-0.39, 0.29) is 12.1 Å². The fraction of sp³-hybridized carbons (Fsp3) is 0.280. The number of benzene rings is 1. The van der Waals surface area contributed by atoms with Crippen molar-refractivity contribution in [2.24, 2.45) is 7.05 Å². The molecule has 180 valence electrons. The first-order valence-electron chi connectivity index (χ1n) is 11.5. The average molecular weight is 490 g/mol. The van der Waals surface area contributed by atoms with E-state index in [9.17, 15) is 8.42 Å². The summed E-state index contributed by atoms with van der Waals surface area (Å²) in [7, 11) is -1.55. The van der Waals surface area contributed by atoms with E-state index in [1.54, 1.807) is 10.9 Å². The van der Waals surface area contributed by atoms with Gasteiger partial charge in [-0.2, -0.15) is 10.2 Å². The van der Waals surface area contributed by atoms with Gasteiger partial charge in [-0.05, 0) is 37.3 Å². The maximum absolute atomic E-state index is 11.9. The predicted molar refractivity (Wildman–Crippen MR) is 134 cm³/mol. The van der Waals surface area contributed by atoms with E-state index in [4.69, 9.17) is 0 Å². The number of nitrogens with zero attached hydrogens (tertiary/aromatic N) is 6. The van der Waals surface area contributed by atoms with E-state index in [0.717, 1.165) is 52.5 Å². The fourth-order valence-corrected chi connectivity index (χ4v) is 5.29. The number of aryl methyl sites for hydroxylation is 1. The second kappa shape index (κ2) is 9.55. The lowest BCUT2D eigenvalue weighted by atomic mass is 9.92. The van der Waals surface area contributed by atoms with Gasteiger partial charge in [0, 0.05) is 65.5 Å². The summed E-state index contributed by atoms with van der Waals surface area (Å²) in [5, 5.41) is 9.75. The molecule has 35 heavy (non-hydrogen) atoms. The predicted octanol–water partition coefficient (Wildman–Crippen LogP) is 3.95. The second-order valence-corrected chi connectivity index (χ2v) is 10.5. The Morgan fingerprint density at radius 2 is 1.71 bits per heavy atom. The summed E-state index contributed by atoms with van der Waals surface area (Å²) in [5.41, 5.74) is 4.84. The Balaban J connectivity index is 1.30. The molecule has 10 heteroatoms. The molecule has 0 saturated heterocycles. The van der Waals surface area contributed by atoms with Gasteiger partial charge in [-0.15, -0.1) is 0 Å². The molecule has 1 fully saturated rings. The zero-order chi connectivity index (χ0) is 24.4. The van der Waals surface area contributed by atoms with E-state index < -0.39 is 10.0 Å². The summed E-state index contributed by atoms with van der Waals surface area (Å²) in [6, 6.07) is 8.10. The van der Waals surface area contributed by atoms with Gasteiger partial charge in [0.05, 0.1) is 18.4 Å². The van der Waals surface area contributed by atoms with E-state index >= 15 is 0 Å². The van der Waals surface area contributed by atoms with Crippen molar-refractivity contribution in [3.8, 4) is 33.6 Å². The van der Waals surface area contributed by atoms with Gasteiger partial charge in [-0.3, -0.25) is 9.36 Å². The lowest BCUT2D eigenvalue weighted by Crippen LogP contribution is -2.37. The first-order chi connectivity index (χ1) is 16.9. The molecule has 0 bridgehead atoms. The minimum absolute atomic E-state index is 0.116. The van der Waals surface area contributed by atoms with Crippen LogP contribution >= 0.6 is 0 Å². The third-order valence-electron chi connectivity index (χ3n) is 6.32. The van der Waals surface area contributed by atoms with Crippen LogP contribution in [-0.2, 0) is 17.1 Å². The molecule has 0 unspecified atom stereocenters. The van der Waals surface area contributed by atoms with Crippen LogP contribution in [0.25, 0.3) is 33.6 Å². The quantitative estimate of drug-likeness (QED) is 0.421. The molecule has 9 nitrogen and oxygen atoms in total. The first-order valence-corrected chi connectivity index (χ1v) is 13.1. The fourth-order valence-electron chi connectivity index (χ4n) is 4.51. The lowest BCUT2D eigenvalue weighted by Gasteiger charge is -2.29. The Morgan fingerprint density at radius 1 is 0.971 bits per heavy atom. The molecular formula is C25H27N7O2S. The number of sulfonamides is 1. The molecule has 1 saturated carbocycles. The van der Waals surface area contributed by atoms with Crippen molar-refractivity contribution in [2.75, 3.05) is 0 Å². The molecule has 3 heterocycles. The Morgan fingerprint density at radius 3 is 2.46 bits per heavy atom. The van der Waals surface area contributed by atoms with Gasteiger partial charge >= 0.3 is 0 Å². The average Bonchev–Trinajstić information content (AvgIpc) is 3.54. The molecule has 1 aliphatic rings. The van der Waals surface area contributed by atoms with Crippen LogP contribution in [0.1, 0.15) is 31.7 Å². The van der Waals surface area contributed by atoms with Crippen LogP contribution in [0.15, 0.2) is 73.4 Å². The van der Waals surface area contributed by atoms with Crippen molar-refractivity contribution in [3.05, 3.63) is 73.4 Å². The van der Waals surface area contributed by atoms with Crippen molar-refractivity contribution >= 4 is 10.0 Å². The van der Waals surface area contributed by atoms with Crippen molar-refractivity contribution < 1.29 is 8.42 Å². The van der Waals surface area contributed by atoms with Gasteiger partial charge in [-0.1, -0.05) is 24.8 Å². The van der Waals surface area contributed by atoms with E-state index in [1.165, 1.54) is 0 Å². The summed E-state index contributed by atoms with van der Waals surface area (Å²) < 4.78 is 30.1. The van der Waals surface area contributed by atoms with E-state index in [1.807, 2.05) is 60.9 Å². The summed E-state index contributed by atoms with van der Waals surface area (Å²) >= 11 is 0. The number of aromatic nitrogens is 6. The highest BCUT2D eigenvalue weighted by atomic mass is 32.2. The van der Waals surface area contributed by atoms with Crippen LogP contribution in [0.5, 0.6) is 0 Å². The zero-order valence-electron chi connectivity index (χ0n) is 19.4. The van der Waals surface area contributed by atoms with Gasteiger partial charge < -0.3 is 0 Å². The molecule has 1 aliphatic carbocycles. The largest absolute Gasteiger partial charge is 0.275 e. The molecule has 0 radical (unpaired) electrons. The van der Waals surface area contributed by atoms with Gasteiger partial charge in [0.1, 0.15) is 0 Å². The van der Waals surface area contributed by atoms with Crippen molar-refractivity contribution in [2.45, 2.75) is 37.8 Å². The van der Waals surface area contributed by atoms with Crippen LogP contribution in [0, 0.1) is 0 Å². The molecule has 4 aromatic rings. The molecule has 3 aromatic heterocycles. The Bertz CT molecular complexity index is 1440. The molecule has 0 amide bonds. The highest BCUT2D eigenvalue weighted by Gasteiger charge is 2.26. The van der Waals surface area contributed by atoms with Crippen LogP contribution < -0.4 is 4.72 Å². The molecule has 5 rings (SSSR count). The minimum Gasteiger partial charge on any atom is -0.275 e. The molecule has 0 aliphatic heterocycles. The number of hydrogen-bond acceptors (Lipinski definition) is 6. The highest BCUT2D eigenvalue weighted by Crippen LogP contribution is 2.30. The third-order valence-corrected chi connectivity index (χ3v) is 7.42. The van der Waals surface area contributed by atoms with E-state index in [2.05, 4.69) is 37.5 Å². The summed E-state index contributed by atoms with van der Waals surface area (Å²) in [4.78, 5) is 9.19. The Labute approximate surface area is 204 Å². The number of nitrogens with one attached hydrogen (secondary N) is 1. The minimum atomic E-state index is -3.44. The van der Waals surface area contributed by atoms with Crippen molar-refractivity contribution in [3.63, 3.8) is 0 Å². The monoisotopic (exact) mass is 489 g/mol. The Kier molecular flexibility index (Phi) is 6.31. The smallest absolute Gasteiger partial charge is 0.233 e. The van der Waals surface area contributed by atoms with E-state index in [0.29, 0.717) is 12.2 Å². The zero-order valence-corrected chi connectivity index (χ0v) is 20.3. The van der Waals surface area contributed by atoms with Crippen molar-refractivity contribution in [1.29, 1.82) is 0 Å². The van der Waals surface area contributed by atoms with Crippen LogP contribution in [-0.4, -0.2) is 44.0 Å². The van der Waals surface area contributed by atoms with Gasteiger partial charge in [0.25, 0.3) is 0 Å². The molecular weight excluding hydrogens is 462 g/mol. The standard InChI is InChI=1S/C25H27N7O2S/c1-3-35(33,34)30-23-8-5-9-24(11-23)32-17-22(15-29-32)20-12-26-25(27-13-20)19-7-4-6-18(10-19)21-14-28-31(2)16-21/h3-4,6-7,10,12-17,23-24,30H,1,5,8-9,11H2,2H3/t23-,24-/m0/s1. The van der Waals surface area contributed by atoms with Crippen LogP contribution in [0.3, 0.4) is 0 Å². The number of hydrogen-bond donors (Lipinski definition) is 1. The summed E-state index contributed by atoms with van der Waals surface area (Å²) in [6.45, 7) is 3.37. The normalized spacial score (nSPS) is 18.4. The molecule has 2 atom stereocenters. The third kappa shape index (κ3) is 5.23. The van der Waals surface area contributed by atoms with Gasteiger partial charge in [-0.25, -0.2) is 23.1 Å². The maximum Gasteiger partial charge on any atom is 0.233 e. The highest BCUT2D eigenvalue weighted by molar-refractivity contribution is 7.92. The SMILES string of the molecule is C=CS(=O)(=O)N[C@H]1CCC[C@H](n2cc(-c3cnc(-c4cccc(-c5cnn(C)c5)c4)nc3)cn2)C1. The summed E-state index contributed by atoms with van der Waals surface area (Å²) in [6.07, 6.45) is 14.6. The van der Waals surface area contributed by atoms with Gasteiger partial charge in [0.15, 0.2) is 5.82 Å². The maximum atomic E-state index is 11.9. The topological polar surface area (TPSA) is 108 Å². The summed E-state index contributed by atoms with van der Waals surface area (Å²) in [5.74, 6) is 0.650. The Hall–Kier alpha value is -3.63. The first kappa shape index (κ1) is 23.1. The van der Waals surface area contributed by atoms with Crippen LogP contribution in [0.4, 0.5) is 0 Å². The lowest BCUT2D eigenvalue weighted by molar-refractivity contribution is 0.289. The molecule has 1 aromatic carbocycles. The molecule has 0 spiro atoms. The van der Waals surface area contributed by atoms with Gasteiger partial charge in [0.2, 0.25) is 10.0 Å². The molecule has 1 N–H and O–H groups in total. The second-order valence-electron chi connectivity index (χ2n) is 8.83. The number of rotatable bonds is 7. The van der Waals surface area contributed by atoms with Crippen molar-refractivity contribution in [1.82, 2.24) is 34.3 Å². The van der Waals surface area contributed by atoms with Crippen LogP contribution in [0.2, 0.25) is 0 Å².